The summed E-state index contributed by atoms with van der Waals surface area (Å²) in [6.07, 6.45) is 4.06. The van der Waals surface area contributed by atoms with E-state index >= 15 is 0 Å². The van der Waals surface area contributed by atoms with Crippen LogP contribution in [0.5, 0.6) is 0 Å². The molecule has 0 bridgehead atoms. The number of nitrogens with one attached hydrogen (secondary N) is 3. The number of carbonyl (C=O) groups excluding carboxylic acids is 1. The topological polar surface area (TPSA) is 100 Å². The molecular weight excluding hydrogens is 404 g/mol. The van der Waals surface area contributed by atoms with Gasteiger partial charge in [0.05, 0.1) is 12.7 Å². The Kier molecular flexibility index (Phi) is 5.30. The van der Waals surface area contributed by atoms with E-state index in [0.717, 1.165) is 23.1 Å². The molecule has 4 aromatic rings. The Hall–Kier alpha value is -3.56. The largest absolute Gasteiger partial charge is 0.354 e. The van der Waals surface area contributed by atoms with Crippen LogP contribution in [0.3, 0.4) is 0 Å². The molecule has 0 atom stereocenters. The Morgan fingerprint density at radius 1 is 1.23 bits per heavy atom. The van der Waals surface area contributed by atoms with Crippen molar-refractivity contribution in [3.8, 4) is 11.1 Å². The minimum atomic E-state index is -2.62. The maximum absolute atomic E-state index is 12.4. The second kappa shape index (κ2) is 7.93. The Balaban J connectivity index is 1.65. The Bertz CT molecular complexity index is 1240. The summed E-state index contributed by atoms with van der Waals surface area (Å²) >= 11 is 0. The third-order valence-corrected chi connectivity index (χ3v) is 4.68. The highest BCUT2D eigenvalue weighted by Gasteiger charge is 2.16. The second-order valence-corrected chi connectivity index (χ2v) is 8.46. The summed E-state index contributed by atoms with van der Waals surface area (Å²) in [5, 5.41) is 6.26. The van der Waals surface area contributed by atoms with Crippen molar-refractivity contribution < 1.29 is 13.6 Å². The number of carbonyl (C=O) groups is 1. The smallest absolute Gasteiger partial charge is 0.270 e. The first-order valence-electron chi connectivity index (χ1n) is 9.83. The summed E-state index contributed by atoms with van der Waals surface area (Å²) in [5.74, 6) is -0.0688. The number of hydrogen-bond donors (Lipinski definition) is 3. The molecule has 0 fully saturated rings. The number of aromatic nitrogens is 5. The number of rotatable bonds is 6. The van der Waals surface area contributed by atoms with Crippen LogP contribution in [0.4, 0.5) is 14.7 Å². The van der Waals surface area contributed by atoms with Gasteiger partial charge < -0.3 is 15.6 Å². The molecule has 0 aliphatic rings. The van der Waals surface area contributed by atoms with Gasteiger partial charge in [0.2, 0.25) is 5.95 Å². The van der Waals surface area contributed by atoms with E-state index in [1.807, 2.05) is 12.3 Å². The standard InChI is InChI=1S/C21H23F2N7O/c1-21(2,3)11-28-20-27-7-14-13(6-25-18(14)29-20)12-4-5-17-24-8-15(30(17)10-12)19(31)26-9-16(22)23/h4-8,10,16H,9,11H2,1-3H3,(H,26,31)(H2,25,27,28,29). The molecule has 0 saturated carbocycles. The van der Waals surface area contributed by atoms with Crippen molar-refractivity contribution in [3.05, 3.63) is 42.6 Å². The summed E-state index contributed by atoms with van der Waals surface area (Å²) in [6, 6.07) is 3.63. The van der Waals surface area contributed by atoms with E-state index < -0.39 is 18.9 Å². The first kappa shape index (κ1) is 20.7. The van der Waals surface area contributed by atoms with Gasteiger partial charge in [-0.15, -0.1) is 0 Å². The first-order valence-corrected chi connectivity index (χ1v) is 9.83. The van der Waals surface area contributed by atoms with Gasteiger partial charge in [-0.1, -0.05) is 20.8 Å². The average Bonchev–Trinajstić information content (AvgIpc) is 3.33. The molecule has 0 saturated heterocycles. The van der Waals surface area contributed by atoms with Crippen LogP contribution in [0.1, 0.15) is 31.3 Å². The lowest BCUT2D eigenvalue weighted by atomic mass is 9.97. The Morgan fingerprint density at radius 3 is 2.77 bits per heavy atom. The van der Waals surface area contributed by atoms with Crippen LogP contribution in [0.25, 0.3) is 27.8 Å². The van der Waals surface area contributed by atoms with Gasteiger partial charge in [0.25, 0.3) is 12.3 Å². The number of alkyl halides is 2. The van der Waals surface area contributed by atoms with Gasteiger partial charge >= 0.3 is 0 Å². The summed E-state index contributed by atoms with van der Waals surface area (Å²) in [5.41, 5.74) is 3.16. The molecule has 10 heteroatoms. The highest BCUT2D eigenvalue weighted by molar-refractivity contribution is 5.95. The number of pyridine rings is 1. The summed E-state index contributed by atoms with van der Waals surface area (Å²) in [6.45, 7) is 6.40. The van der Waals surface area contributed by atoms with Gasteiger partial charge in [-0.2, -0.15) is 4.98 Å². The number of imidazole rings is 1. The zero-order chi connectivity index (χ0) is 22.2. The van der Waals surface area contributed by atoms with Gasteiger partial charge in [0.1, 0.15) is 17.0 Å². The quantitative estimate of drug-likeness (QED) is 0.435. The number of H-pyrrole nitrogens is 1. The number of fused-ring (bicyclic) bond motifs is 2. The van der Waals surface area contributed by atoms with Crippen molar-refractivity contribution in [1.29, 1.82) is 0 Å². The maximum atomic E-state index is 12.4. The third-order valence-electron chi connectivity index (χ3n) is 4.68. The second-order valence-electron chi connectivity index (χ2n) is 8.46. The molecule has 3 N–H and O–H groups in total. The maximum Gasteiger partial charge on any atom is 0.270 e. The fourth-order valence-electron chi connectivity index (χ4n) is 3.14. The van der Waals surface area contributed by atoms with E-state index in [9.17, 15) is 13.6 Å². The molecule has 0 aromatic carbocycles. The van der Waals surface area contributed by atoms with Crippen LogP contribution in [0.2, 0.25) is 0 Å². The number of halogens is 2. The predicted molar refractivity (Wildman–Crippen MR) is 114 cm³/mol. The normalized spacial score (nSPS) is 12.1. The number of amides is 1. The van der Waals surface area contributed by atoms with Crippen molar-refractivity contribution in [1.82, 2.24) is 29.7 Å². The van der Waals surface area contributed by atoms with Gasteiger partial charge in [-0.3, -0.25) is 9.20 Å². The van der Waals surface area contributed by atoms with Crippen LogP contribution in [0.15, 0.2) is 36.9 Å². The SMILES string of the molecule is CC(C)(C)CNc1ncc2c(-c3ccc4ncc(C(=O)NCC(F)F)n4c3)c[nH]c2n1. The monoisotopic (exact) mass is 427 g/mol. The van der Waals surface area contributed by atoms with Gasteiger partial charge in [-0.05, 0) is 17.5 Å². The molecule has 4 rings (SSSR count). The van der Waals surface area contributed by atoms with E-state index in [1.165, 1.54) is 6.20 Å². The highest BCUT2D eigenvalue weighted by Crippen LogP contribution is 2.28. The van der Waals surface area contributed by atoms with Crippen LogP contribution in [0, 0.1) is 5.41 Å². The molecule has 4 aromatic heterocycles. The third kappa shape index (κ3) is 4.47. The van der Waals surface area contributed by atoms with E-state index in [2.05, 4.69) is 51.3 Å². The van der Waals surface area contributed by atoms with Crippen LogP contribution >= 0.6 is 0 Å². The molecule has 0 aliphatic heterocycles. The van der Waals surface area contributed by atoms with Crippen LogP contribution in [-0.2, 0) is 0 Å². The number of aromatic amines is 1. The lowest BCUT2D eigenvalue weighted by molar-refractivity contribution is 0.0886. The zero-order valence-corrected chi connectivity index (χ0v) is 17.4. The van der Waals surface area contributed by atoms with E-state index in [-0.39, 0.29) is 11.1 Å². The average molecular weight is 427 g/mol. The van der Waals surface area contributed by atoms with E-state index in [1.54, 1.807) is 22.9 Å². The minimum absolute atomic E-state index is 0.0960. The van der Waals surface area contributed by atoms with Crippen molar-refractivity contribution in [2.24, 2.45) is 5.41 Å². The predicted octanol–water partition coefficient (Wildman–Crippen LogP) is 3.73. The number of hydrogen-bond acceptors (Lipinski definition) is 5. The van der Waals surface area contributed by atoms with Crippen molar-refractivity contribution >= 4 is 28.5 Å². The fraction of sp³-hybridized carbons (Fsp3) is 0.333. The molecule has 0 unspecified atom stereocenters. The molecule has 8 nitrogen and oxygen atoms in total. The van der Waals surface area contributed by atoms with E-state index in [0.29, 0.717) is 17.2 Å². The van der Waals surface area contributed by atoms with Gasteiger partial charge in [0.15, 0.2) is 0 Å². The fourth-order valence-corrected chi connectivity index (χ4v) is 3.14. The zero-order valence-electron chi connectivity index (χ0n) is 17.4. The minimum Gasteiger partial charge on any atom is -0.354 e. The van der Waals surface area contributed by atoms with Crippen molar-refractivity contribution in [3.63, 3.8) is 0 Å². The summed E-state index contributed by atoms with van der Waals surface area (Å²) in [7, 11) is 0. The lowest BCUT2D eigenvalue weighted by Gasteiger charge is -2.18. The molecule has 4 heterocycles. The Morgan fingerprint density at radius 2 is 2.03 bits per heavy atom. The van der Waals surface area contributed by atoms with Gasteiger partial charge in [0, 0.05) is 41.6 Å². The summed E-state index contributed by atoms with van der Waals surface area (Å²) in [4.78, 5) is 28.5. The van der Waals surface area contributed by atoms with Crippen molar-refractivity contribution in [2.45, 2.75) is 27.2 Å². The van der Waals surface area contributed by atoms with Crippen LogP contribution < -0.4 is 10.6 Å². The molecule has 162 valence electrons. The molecule has 0 radical (unpaired) electrons. The number of anilines is 1. The molecular formula is C21H23F2N7O. The van der Waals surface area contributed by atoms with Crippen molar-refractivity contribution in [2.75, 3.05) is 18.4 Å². The van der Waals surface area contributed by atoms with Gasteiger partial charge in [-0.25, -0.2) is 18.7 Å². The first-order chi connectivity index (χ1) is 14.7. The lowest BCUT2D eigenvalue weighted by Crippen LogP contribution is -2.29. The van der Waals surface area contributed by atoms with Crippen LogP contribution in [-0.4, -0.2) is 49.8 Å². The van der Waals surface area contributed by atoms with E-state index in [4.69, 9.17) is 0 Å². The molecule has 0 aliphatic carbocycles. The Labute approximate surface area is 177 Å². The summed E-state index contributed by atoms with van der Waals surface area (Å²) < 4.78 is 26.4. The molecule has 1 amide bonds. The number of nitrogens with zero attached hydrogens (tertiary/aromatic N) is 4. The highest BCUT2D eigenvalue weighted by atomic mass is 19.3. The molecule has 0 spiro atoms. The molecule has 31 heavy (non-hydrogen) atoms.